The predicted molar refractivity (Wildman–Crippen MR) is 117 cm³/mol. The van der Waals surface area contributed by atoms with E-state index in [1.54, 1.807) is 18.2 Å². The molecule has 0 spiro atoms. The Morgan fingerprint density at radius 3 is 2.77 bits per heavy atom. The van der Waals surface area contributed by atoms with Crippen LogP contribution in [0.4, 0.5) is 4.39 Å². The number of aryl methyl sites for hydroxylation is 1. The summed E-state index contributed by atoms with van der Waals surface area (Å²) in [5, 5.41) is 6.84. The molecular weight excluding hydrogens is 417 g/mol. The molecule has 0 saturated heterocycles. The highest BCUT2D eigenvalue weighted by Crippen LogP contribution is 2.26. The molecule has 0 fully saturated rings. The minimum atomic E-state index is -0.296. The second-order valence-corrected chi connectivity index (χ2v) is 7.94. The number of rotatable bonds is 8. The minimum absolute atomic E-state index is 0.0965. The average Bonchev–Trinajstić information content (AvgIpc) is 3.43. The zero-order valence-corrected chi connectivity index (χ0v) is 17.6. The van der Waals surface area contributed by atoms with Gasteiger partial charge >= 0.3 is 0 Å². The molecule has 2 aromatic carbocycles. The molecule has 0 bridgehead atoms. The van der Waals surface area contributed by atoms with Gasteiger partial charge in [0.15, 0.2) is 5.76 Å². The maximum Gasteiger partial charge on any atom is 0.293 e. The number of aromatic nitrogens is 2. The van der Waals surface area contributed by atoms with Crippen molar-refractivity contribution in [2.75, 3.05) is 5.75 Å². The van der Waals surface area contributed by atoms with Gasteiger partial charge in [0.25, 0.3) is 5.89 Å². The maximum absolute atomic E-state index is 12.9. The Morgan fingerprint density at radius 2 is 1.97 bits per heavy atom. The van der Waals surface area contributed by atoms with Crippen molar-refractivity contribution in [2.45, 2.75) is 19.2 Å². The van der Waals surface area contributed by atoms with Crippen LogP contribution < -0.4 is 5.32 Å². The summed E-state index contributed by atoms with van der Waals surface area (Å²) in [6.45, 7) is 2.37. The fourth-order valence-corrected chi connectivity index (χ4v) is 3.64. The maximum atomic E-state index is 12.9. The van der Waals surface area contributed by atoms with Crippen molar-refractivity contribution in [3.05, 3.63) is 83.4 Å². The molecule has 6 nitrogen and oxygen atoms in total. The number of amides is 1. The summed E-state index contributed by atoms with van der Waals surface area (Å²) in [6, 6.07) is 17.5. The van der Waals surface area contributed by atoms with Gasteiger partial charge in [0, 0.05) is 12.1 Å². The van der Waals surface area contributed by atoms with Crippen LogP contribution in [0.25, 0.3) is 23.0 Å². The van der Waals surface area contributed by atoms with E-state index in [0.717, 1.165) is 16.7 Å². The Hall–Kier alpha value is -3.39. The van der Waals surface area contributed by atoms with Gasteiger partial charge in [-0.3, -0.25) is 4.79 Å². The van der Waals surface area contributed by atoms with E-state index < -0.39 is 0 Å². The Bertz CT molecular complexity index is 1170. The Morgan fingerprint density at radius 1 is 1.13 bits per heavy atom. The minimum Gasteiger partial charge on any atom is -0.455 e. The van der Waals surface area contributed by atoms with Crippen LogP contribution in [0.1, 0.15) is 16.9 Å². The number of nitrogens with one attached hydrogen (secondary N) is 1. The van der Waals surface area contributed by atoms with E-state index in [2.05, 4.69) is 15.5 Å². The molecule has 4 aromatic rings. The molecule has 1 N–H and O–H groups in total. The monoisotopic (exact) mass is 437 g/mol. The van der Waals surface area contributed by atoms with Gasteiger partial charge in [0.1, 0.15) is 11.6 Å². The van der Waals surface area contributed by atoms with E-state index in [9.17, 15) is 9.18 Å². The van der Waals surface area contributed by atoms with Crippen LogP contribution in [-0.2, 0) is 17.1 Å². The molecule has 2 aromatic heterocycles. The number of hydrogen-bond donors (Lipinski definition) is 1. The number of nitrogens with zero attached hydrogens (tertiary/aromatic N) is 2. The fraction of sp³-hybridized carbons (Fsp3) is 0.174. The van der Waals surface area contributed by atoms with Gasteiger partial charge in [0.05, 0.1) is 11.5 Å². The highest BCUT2D eigenvalue weighted by Gasteiger charge is 2.14. The molecule has 0 atom stereocenters. The van der Waals surface area contributed by atoms with Gasteiger partial charge in [0.2, 0.25) is 11.7 Å². The summed E-state index contributed by atoms with van der Waals surface area (Å²) in [4.78, 5) is 16.4. The average molecular weight is 437 g/mol. The summed E-state index contributed by atoms with van der Waals surface area (Å²) >= 11 is 1.43. The van der Waals surface area contributed by atoms with E-state index in [1.165, 1.54) is 23.9 Å². The second-order valence-electron chi connectivity index (χ2n) is 6.95. The van der Waals surface area contributed by atoms with Crippen molar-refractivity contribution in [3.8, 4) is 23.0 Å². The second kappa shape index (κ2) is 9.61. The van der Waals surface area contributed by atoms with Crippen LogP contribution in [0.5, 0.6) is 0 Å². The van der Waals surface area contributed by atoms with Crippen LogP contribution in [0.2, 0.25) is 0 Å². The van der Waals surface area contributed by atoms with E-state index in [4.69, 9.17) is 8.94 Å². The van der Waals surface area contributed by atoms with Gasteiger partial charge in [-0.15, -0.1) is 11.8 Å². The molecule has 0 saturated carbocycles. The third-order valence-electron chi connectivity index (χ3n) is 4.46. The van der Waals surface area contributed by atoms with E-state index in [-0.39, 0.29) is 17.5 Å². The summed E-state index contributed by atoms with van der Waals surface area (Å²) in [5.74, 6) is 2.44. The lowest BCUT2D eigenvalue weighted by Crippen LogP contribution is -2.24. The molecule has 0 aliphatic rings. The van der Waals surface area contributed by atoms with Gasteiger partial charge in [-0.05, 0) is 42.8 Å². The third kappa shape index (κ3) is 5.61. The van der Waals surface area contributed by atoms with Crippen molar-refractivity contribution in [1.29, 1.82) is 0 Å². The molecule has 31 heavy (non-hydrogen) atoms. The summed E-state index contributed by atoms with van der Waals surface area (Å²) in [6.07, 6.45) is 0. The Labute approximate surface area is 182 Å². The summed E-state index contributed by atoms with van der Waals surface area (Å²) in [7, 11) is 0. The first kappa shape index (κ1) is 20.9. The highest BCUT2D eigenvalue weighted by atomic mass is 32.2. The molecule has 4 rings (SSSR count). The number of carbonyl (C=O) groups excluding carboxylic acids is 1. The normalized spacial score (nSPS) is 10.9. The molecule has 0 unspecified atom stereocenters. The first-order valence-electron chi connectivity index (χ1n) is 9.65. The number of benzene rings is 2. The number of carbonyl (C=O) groups is 1. The van der Waals surface area contributed by atoms with E-state index in [0.29, 0.717) is 35.5 Å². The lowest BCUT2D eigenvalue weighted by atomic mass is 10.1. The molecule has 0 aliphatic heterocycles. The molecule has 8 heteroatoms. The topological polar surface area (TPSA) is 81.2 Å². The van der Waals surface area contributed by atoms with Crippen LogP contribution >= 0.6 is 11.8 Å². The first-order chi connectivity index (χ1) is 15.1. The predicted octanol–water partition coefficient (Wildman–Crippen LogP) is 4.99. The number of thioether (sulfide) groups is 1. The third-order valence-corrected chi connectivity index (χ3v) is 5.41. The van der Waals surface area contributed by atoms with Gasteiger partial charge in [-0.1, -0.05) is 41.1 Å². The SMILES string of the molecule is Cc1cccc(-c2noc(-c3ccc(CSCC(=O)NCc4ccc(F)cc4)o3)n2)c1. The number of hydrogen-bond acceptors (Lipinski definition) is 6. The number of furan rings is 1. The molecule has 0 aliphatic carbocycles. The van der Waals surface area contributed by atoms with Crippen LogP contribution in [-0.4, -0.2) is 21.8 Å². The lowest BCUT2D eigenvalue weighted by Gasteiger charge is -2.05. The fourth-order valence-electron chi connectivity index (χ4n) is 2.89. The quantitative estimate of drug-likeness (QED) is 0.418. The van der Waals surface area contributed by atoms with E-state index >= 15 is 0 Å². The summed E-state index contributed by atoms with van der Waals surface area (Å²) in [5.41, 5.74) is 2.84. The molecule has 1 amide bonds. The first-order valence-corrected chi connectivity index (χ1v) is 10.8. The largest absolute Gasteiger partial charge is 0.455 e. The number of halogens is 1. The zero-order chi connectivity index (χ0) is 21.6. The van der Waals surface area contributed by atoms with Gasteiger partial charge in [-0.2, -0.15) is 4.98 Å². The highest BCUT2D eigenvalue weighted by molar-refractivity contribution is 7.99. The molecule has 158 valence electrons. The van der Waals surface area contributed by atoms with Gasteiger partial charge < -0.3 is 14.3 Å². The van der Waals surface area contributed by atoms with Crippen molar-refractivity contribution in [3.63, 3.8) is 0 Å². The smallest absolute Gasteiger partial charge is 0.293 e. The molecule has 0 radical (unpaired) electrons. The molecular formula is C23H20FN3O3S. The molecule has 2 heterocycles. The van der Waals surface area contributed by atoms with Crippen LogP contribution in [0, 0.1) is 12.7 Å². The lowest BCUT2D eigenvalue weighted by molar-refractivity contribution is -0.118. The zero-order valence-electron chi connectivity index (χ0n) is 16.8. The standard InChI is InChI=1S/C23H20FN3O3S/c1-15-3-2-4-17(11-15)22-26-23(30-27-22)20-10-9-19(29-20)13-31-14-21(28)25-12-16-5-7-18(24)8-6-16/h2-11H,12-14H2,1H3,(H,25,28). The van der Waals surface area contributed by atoms with Crippen molar-refractivity contribution < 1.29 is 18.1 Å². The van der Waals surface area contributed by atoms with Crippen molar-refractivity contribution in [1.82, 2.24) is 15.5 Å². The van der Waals surface area contributed by atoms with Crippen molar-refractivity contribution >= 4 is 17.7 Å². The van der Waals surface area contributed by atoms with Gasteiger partial charge in [-0.25, -0.2) is 4.39 Å². The Balaban J connectivity index is 1.26. The van der Waals surface area contributed by atoms with Crippen molar-refractivity contribution in [2.24, 2.45) is 0 Å². The summed E-state index contributed by atoms with van der Waals surface area (Å²) < 4.78 is 24.0. The Kier molecular flexibility index (Phi) is 6.47. The van der Waals surface area contributed by atoms with E-state index in [1.807, 2.05) is 37.3 Å². The van der Waals surface area contributed by atoms with Crippen LogP contribution in [0.15, 0.2) is 69.6 Å². The van der Waals surface area contributed by atoms with Crippen LogP contribution in [0.3, 0.4) is 0 Å².